The summed E-state index contributed by atoms with van der Waals surface area (Å²) in [6, 6.07) is 6.19. The van der Waals surface area contributed by atoms with Gasteiger partial charge in [0.1, 0.15) is 0 Å². The van der Waals surface area contributed by atoms with Crippen LogP contribution in [0, 0.1) is 12.8 Å². The Labute approximate surface area is 122 Å². The van der Waals surface area contributed by atoms with Gasteiger partial charge >= 0.3 is 0 Å². The Balaban J connectivity index is 2.05. The minimum absolute atomic E-state index is 0.0705. The third kappa shape index (κ3) is 3.33. The predicted octanol–water partition coefficient (Wildman–Crippen LogP) is 3.74. The molecule has 1 aliphatic carbocycles. The van der Waals surface area contributed by atoms with Gasteiger partial charge in [0.15, 0.2) is 0 Å². The van der Waals surface area contributed by atoms with Gasteiger partial charge in [-0.3, -0.25) is 4.79 Å². The van der Waals surface area contributed by atoms with Gasteiger partial charge in [-0.1, -0.05) is 26.2 Å². The Hall–Kier alpha value is -1.51. The van der Waals surface area contributed by atoms with Crippen molar-refractivity contribution in [3.63, 3.8) is 0 Å². The largest absolute Gasteiger partial charge is 0.388 e. The smallest absolute Gasteiger partial charge is 0.251 e. The SMILES string of the molecule is CCC1CCCCC1NC(=O)c1ccc(NC)c(C)c1. The van der Waals surface area contributed by atoms with Gasteiger partial charge in [-0.05, 0) is 49.4 Å². The molecule has 2 rings (SSSR count). The topological polar surface area (TPSA) is 41.1 Å². The molecule has 1 amide bonds. The fraction of sp³-hybridized carbons (Fsp3) is 0.588. The van der Waals surface area contributed by atoms with Gasteiger partial charge < -0.3 is 10.6 Å². The number of amides is 1. The van der Waals surface area contributed by atoms with E-state index in [1.807, 2.05) is 32.2 Å². The van der Waals surface area contributed by atoms with Crippen LogP contribution < -0.4 is 10.6 Å². The van der Waals surface area contributed by atoms with Crippen molar-refractivity contribution >= 4 is 11.6 Å². The lowest BCUT2D eigenvalue weighted by Gasteiger charge is -2.31. The van der Waals surface area contributed by atoms with Crippen LogP contribution in [0.3, 0.4) is 0 Å². The highest BCUT2D eigenvalue weighted by molar-refractivity contribution is 5.95. The van der Waals surface area contributed by atoms with Crippen molar-refractivity contribution in [2.75, 3.05) is 12.4 Å². The maximum absolute atomic E-state index is 12.4. The summed E-state index contributed by atoms with van der Waals surface area (Å²) in [4.78, 5) is 12.4. The molecule has 0 radical (unpaired) electrons. The molecule has 1 aromatic rings. The van der Waals surface area contributed by atoms with E-state index in [1.54, 1.807) is 0 Å². The standard InChI is InChI=1S/C17H26N2O/c1-4-13-7-5-6-8-16(13)19-17(20)14-9-10-15(18-3)12(2)11-14/h9-11,13,16,18H,4-8H2,1-3H3,(H,19,20). The summed E-state index contributed by atoms with van der Waals surface area (Å²) in [6.45, 7) is 4.25. The van der Waals surface area contributed by atoms with E-state index in [2.05, 4.69) is 17.6 Å². The average Bonchev–Trinajstić information content (AvgIpc) is 2.47. The van der Waals surface area contributed by atoms with Crippen LogP contribution >= 0.6 is 0 Å². The Kier molecular flexibility index (Phi) is 5.05. The van der Waals surface area contributed by atoms with Gasteiger partial charge in [0.05, 0.1) is 0 Å². The molecule has 1 fully saturated rings. The first-order chi connectivity index (χ1) is 9.65. The van der Waals surface area contributed by atoms with E-state index in [-0.39, 0.29) is 5.91 Å². The number of aryl methyl sites for hydroxylation is 1. The lowest BCUT2D eigenvalue weighted by atomic mass is 9.83. The molecule has 3 heteroatoms. The first kappa shape index (κ1) is 14.9. The molecule has 1 saturated carbocycles. The second kappa shape index (κ2) is 6.78. The van der Waals surface area contributed by atoms with Crippen LogP contribution in [0.25, 0.3) is 0 Å². The monoisotopic (exact) mass is 274 g/mol. The summed E-state index contributed by atoms with van der Waals surface area (Å²) in [6.07, 6.45) is 6.07. The summed E-state index contributed by atoms with van der Waals surface area (Å²) >= 11 is 0. The Morgan fingerprint density at radius 3 is 2.70 bits per heavy atom. The quantitative estimate of drug-likeness (QED) is 0.878. The van der Waals surface area contributed by atoms with Gasteiger partial charge in [-0.25, -0.2) is 0 Å². The molecular formula is C17H26N2O. The highest BCUT2D eigenvalue weighted by Gasteiger charge is 2.25. The number of nitrogens with one attached hydrogen (secondary N) is 2. The Morgan fingerprint density at radius 2 is 2.05 bits per heavy atom. The molecule has 0 heterocycles. The minimum atomic E-state index is 0.0705. The van der Waals surface area contributed by atoms with Crippen LogP contribution in [-0.2, 0) is 0 Å². The number of benzene rings is 1. The lowest BCUT2D eigenvalue weighted by molar-refractivity contribution is 0.0904. The van der Waals surface area contributed by atoms with Gasteiger partial charge in [0.25, 0.3) is 5.91 Å². The molecular weight excluding hydrogens is 248 g/mol. The van der Waals surface area contributed by atoms with E-state index >= 15 is 0 Å². The van der Waals surface area contributed by atoms with Crippen LogP contribution in [-0.4, -0.2) is 19.0 Å². The molecule has 0 aliphatic heterocycles. The maximum Gasteiger partial charge on any atom is 0.251 e. The van der Waals surface area contributed by atoms with Gasteiger partial charge in [0, 0.05) is 24.3 Å². The number of anilines is 1. The predicted molar refractivity (Wildman–Crippen MR) is 84.2 cm³/mol. The van der Waals surface area contributed by atoms with E-state index in [0.717, 1.165) is 29.7 Å². The van der Waals surface area contributed by atoms with Crippen LogP contribution in [0.1, 0.15) is 54.9 Å². The molecule has 0 spiro atoms. The van der Waals surface area contributed by atoms with E-state index in [1.165, 1.54) is 19.3 Å². The summed E-state index contributed by atoms with van der Waals surface area (Å²) in [7, 11) is 1.90. The van der Waals surface area contributed by atoms with E-state index in [0.29, 0.717) is 12.0 Å². The van der Waals surface area contributed by atoms with Crippen LogP contribution in [0.5, 0.6) is 0 Å². The normalized spacial score (nSPS) is 22.4. The molecule has 2 unspecified atom stereocenters. The van der Waals surface area contributed by atoms with Crippen molar-refractivity contribution < 1.29 is 4.79 Å². The number of hydrogen-bond donors (Lipinski definition) is 2. The molecule has 3 nitrogen and oxygen atoms in total. The number of rotatable bonds is 4. The summed E-state index contributed by atoms with van der Waals surface area (Å²) in [5, 5.41) is 6.37. The van der Waals surface area contributed by atoms with E-state index < -0.39 is 0 Å². The number of carbonyl (C=O) groups is 1. The first-order valence-electron chi connectivity index (χ1n) is 7.75. The summed E-state index contributed by atoms with van der Waals surface area (Å²) in [5.41, 5.74) is 2.95. The average molecular weight is 274 g/mol. The zero-order valence-corrected chi connectivity index (χ0v) is 12.8. The molecule has 2 atom stereocenters. The zero-order valence-electron chi connectivity index (χ0n) is 12.8. The van der Waals surface area contributed by atoms with Gasteiger partial charge in [-0.15, -0.1) is 0 Å². The highest BCUT2D eigenvalue weighted by Crippen LogP contribution is 2.27. The van der Waals surface area contributed by atoms with Crippen molar-refractivity contribution in [2.24, 2.45) is 5.92 Å². The van der Waals surface area contributed by atoms with Crippen molar-refractivity contribution in [2.45, 2.75) is 52.0 Å². The van der Waals surface area contributed by atoms with Crippen molar-refractivity contribution in [3.8, 4) is 0 Å². The molecule has 2 N–H and O–H groups in total. The van der Waals surface area contributed by atoms with E-state index in [9.17, 15) is 4.79 Å². The minimum Gasteiger partial charge on any atom is -0.388 e. The first-order valence-corrected chi connectivity index (χ1v) is 7.75. The van der Waals surface area contributed by atoms with Crippen molar-refractivity contribution in [1.29, 1.82) is 0 Å². The second-order valence-electron chi connectivity index (χ2n) is 5.81. The van der Waals surface area contributed by atoms with Crippen molar-refractivity contribution in [1.82, 2.24) is 5.32 Å². The van der Waals surface area contributed by atoms with Crippen LogP contribution in [0.2, 0.25) is 0 Å². The van der Waals surface area contributed by atoms with Gasteiger partial charge in [0.2, 0.25) is 0 Å². The fourth-order valence-corrected chi connectivity index (χ4v) is 3.22. The molecule has 20 heavy (non-hydrogen) atoms. The highest BCUT2D eigenvalue weighted by atomic mass is 16.1. The molecule has 0 aromatic heterocycles. The molecule has 1 aromatic carbocycles. The Bertz CT molecular complexity index is 470. The third-order valence-electron chi connectivity index (χ3n) is 4.51. The number of carbonyl (C=O) groups excluding carboxylic acids is 1. The second-order valence-corrected chi connectivity index (χ2v) is 5.81. The molecule has 0 saturated heterocycles. The van der Waals surface area contributed by atoms with Crippen LogP contribution in [0.15, 0.2) is 18.2 Å². The molecule has 110 valence electrons. The van der Waals surface area contributed by atoms with Gasteiger partial charge in [-0.2, -0.15) is 0 Å². The zero-order chi connectivity index (χ0) is 14.5. The fourth-order valence-electron chi connectivity index (χ4n) is 3.22. The summed E-state index contributed by atoms with van der Waals surface area (Å²) in [5.74, 6) is 0.714. The summed E-state index contributed by atoms with van der Waals surface area (Å²) < 4.78 is 0. The van der Waals surface area contributed by atoms with Crippen molar-refractivity contribution in [3.05, 3.63) is 29.3 Å². The lowest BCUT2D eigenvalue weighted by Crippen LogP contribution is -2.41. The number of hydrogen-bond acceptors (Lipinski definition) is 2. The molecule has 0 bridgehead atoms. The van der Waals surface area contributed by atoms with Crippen LogP contribution in [0.4, 0.5) is 5.69 Å². The van der Waals surface area contributed by atoms with E-state index in [4.69, 9.17) is 0 Å². The molecule has 1 aliphatic rings. The Morgan fingerprint density at radius 1 is 1.30 bits per heavy atom. The maximum atomic E-state index is 12.4. The third-order valence-corrected chi connectivity index (χ3v) is 4.51.